The number of rotatable bonds is 2. The smallest absolute Gasteiger partial charge is 0.0175 e. The SMILES string of the molecule is P=C(C1CCCC1)N1CCCCC1. The van der Waals surface area contributed by atoms with Crippen molar-refractivity contribution in [3.63, 3.8) is 0 Å². The highest BCUT2D eigenvalue weighted by Crippen LogP contribution is 2.28. The van der Waals surface area contributed by atoms with Crippen molar-refractivity contribution in [2.45, 2.75) is 44.9 Å². The predicted molar refractivity (Wildman–Crippen MR) is 60.7 cm³/mol. The molecule has 1 aliphatic heterocycles. The Hall–Kier alpha value is 0.130. The van der Waals surface area contributed by atoms with E-state index in [1.165, 1.54) is 63.5 Å². The van der Waals surface area contributed by atoms with Gasteiger partial charge in [0.15, 0.2) is 0 Å². The molecule has 2 fully saturated rings. The molecule has 1 saturated carbocycles. The maximum Gasteiger partial charge on any atom is 0.0175 e. The summed E-state index contributed by atoms with van der Waals surface area (Å²) in [5, 5.41) is 0. The highest BCUT2D eigenvalue weighted by atomic mass is 31.0. The maximum absolute atomic E-state index is 3.86. The highest BCUT2D eigenvalue weighted by Gasteiger charge is 2.23. The van der Waals surface area contributed by atoms with Crippen molar-refractivity contribution in [1.29, 1.82) is 0 Å². The molecule has 0 spiro atoms. The number of hydrogen-bond donors (Lipinski definition) is 0. The zero-order valence-corrected chi connectivity index (χ0v) is 9.39. The van der Waals surface area contributed by atoms with Gasteiger partial charge in [-0.25, -0.2) is 0 Å². The molecule has 0 aromatic carbocycles. The van der Waals surface area contributed by atoms with E-state index >= 15 is 0 Å². The summed E-state index contributed by atoms with van der Waals surface area (Å²) in [5.41, 5.74) is 1.51. The van der Waals surface area contributed by atoms with Crippen molar-refractivity contribution in [2.75, 3.05) is 13.1 Å². The molecule has 0 N–H and O–H groups in total. The zero-order chi connectivity index (χ0) is 9.10. The van der Waals surface area contributed by atoms with Crippen LogP contribution in [0.1, 0.15) is 44.9 Å². The fraction of sp³-hybridized carbons (Fsp3) is 0.909. The van der Waals surface area contributed by atoms with Gasteiger partial charge in [-0.05, 0) is 31.6 Å². The zero-order valence-electron chi connectivity index (χ0n) is 8.39. The topological polar surface area (TPSA) is 3.24 Å². The summed E-state index contributed by atoms with van der Waals surface area (Å²) >= 11 is 0. The summed E-state index contributed by atoms with van der Waals surface area (Å²) in [6.07, 6.45) is 9.91. The van der Waals surface area contributed by atoms with Crippen LogP contribution in [0.4, 0.5) is 0 Å². The molecule has 0 aromatic rings. The molecule has 13 heavy (non-hydrogen) atoms. The lowest BCUT2D eigenvalue weighted by Gasteiger charge is -2.30. The number of nitrogens with zero attached hydrogens (tertiary/aromatic N) is 1. The molecule has 1 saturated heterocycles. The van der Waals surface area contributed by atoms with Crippen LogP contribution < -0.4 is 0 Å². The van der Waals surface area contributed by atoms with E-state index in [-0.39, 0.29) is 0 Å². The fourth-order valence-electron chi connectivity index (χ4n) is 2.59. The summed E-state index contributed by atoms with van der Waals surface area (Å²) in [4.78, 5) is 2.57. The van der Waals surface area contributed by atoms with Crippen LogP contribution in [-0.2, 0) is 0 Å². The average molecular weight is 197 g/mol. The van der Waals surface area contributed by atoms with Gasteiger partial charge in [0, 0.05) is 18.5 Å². The van der Waals surface area contributed by atoms with Crippen molar-refractivity contribution in [2.24, 2.45) is 5.92 Å². The van der Waals surface area contributed by atoms with E-state index in [9.17, 15) is 0 Å². The third-order valence-corrected chi connectivity index (χ3v) is 4.16. The molecule has 2 heteroatoms. The van der Waals surface area contributed by atoms with E-state index in [0.717, 1.165) is 5.92 Å². The molecule has 2 rings (SSSR count). The lowest BCUT2D eigenvalue weighted by atomic mass is 10.0. The van der Waals surface area contributed by atoms with Gasteiger partial charge in [-0.15, -0.1) is 8.86 Å². The molecule has 0 bridgehead atoms. The molecule has 1 aliphatic carbocycles. The average Bonchev–Trinajstić information content (AvgIpc) is 2.71. The van der Waals surface area contributed by atoms with Crippen molar-refractivity contribution >= 4 is 14.3 Å². The largest absolute Gasteiger partial charge is 0.275 e. The molecule has 1 nitrogen and oxygen atoms in total. The van der Waals surface area contributed by atoms with E-state index in [2.05, 4.69) is 13.8 Å². The molecular weight excluding hydrogens is 177 g/mol. The molecule has 1 heterocycles. The van der Waals surface area contributed by atoms with Crippen LogP contribution in [0, 0.1) is 5.92 Å². The Kier molecular flexibility index (Phi) is 3.40. The second-order valence-corrected chi connectivity index (χ2v) is 4.93. The Morgan fingerprint density at radius 1 is 0.923 bits per heavy atom. The van der Waals surface area contributed by atoms with E-state index in [4.69, 9.17) is 0 Å². The molecular formula is C11H20NP. The monoisotopic (exact) mass is 197 g/mol. The Morgan fingerprint density at radius 3 is 2.15 bits per heavy atom. The van der Waals surface area contributed by atoms with Gasteiger partial charge in [0.25, 0.3) is 0 Å². The van der Waals surface area contributed by atoms with Crippen LogP contribution in [0.15, 0.2) is 0 Å². The van der Waals surface area contributed by atoms with Gasteiger partial charge in [0.2, 0.25) is 0 Å². The van der Waals surface area contributed by atoms with Gasteiger partial charge in [-0.3, -0.25) is 4.90 Å². The van der Waals surface area contributed by atoms with Crippen molar-refractivity contribution in [3.8, 4) is 0 Å². The van der Waals surface area contributed by atoms with Crippen LogP contribution in [-0.4, -0.2) is 23.4 Å². The molecule has 0 unspecified atom stereocenters. The third kappa shape index (κ3) is 2.33. The van der Waals surface area contributed by atoms with E-state index in [1.807, 2.05) is 0 Å². The Morgan fingerprint density at radius 2 is 1.54 bits per heavy atom. The first-order valence-electron chi connectivity index (χ1n) is 5.71. The minimum atomic E-state index is 0.856. The molecule has 0 radical (unpaired) electrons. The van der Waals surface area contributed by atoms with E-state index in [1.54, 1.807) is 0 Å². The normalized spacial score (nSPS) is 26.5. The fourth-order valence-corrected chi connectivity index (χ4v) is 3.10. The Balaban J connectivity index is 1.87. The van der Waals surface area contributed by atoms with E-state index in [0.29, 0.717) is 0 Å². The van der Waals surface area contributed by atoms with Gasteiger partial charge >= 0.3 is 0 Å². The summed E-state index contributed by atoms with van der Waals surface area (Å²) < 4.78 is 0. The first-order valence-corrected chi connectivity index (χ1v) is 6.21. The Bertz CT molecular complexity index is 179. The maximum atomic E-state index is 3.86. The first-order chi connectivity index (χ1) is 6.38. The van der Waals surface area contributed by atoms with Crippen LogP contribution in [0.3, 0.4) is 0 Å². The second-order valence-electron chi connectivity index (χ2n) is 4.41. The summed E-state index contributed by atoms with van der Waals surface area (Å²) in [7, 11) is 3.86. The van der Waals surface area contributed by atoms with E-state index < -0.39 is 0 Å². The standard InChI is InChI=1S/C11H20NP/c13-11(10-6-2-3-7-10)12-8-4-1-5-9-12/h10,13H,1-9H2. The molecule has 2 aliphatic rings. The molecule has 0 amide bonds. The van der Waals surface area contributed by atoms with Gasteiger partial charge in [-0.1, -0.05) is 19.3 Å². The lowest BCUT2D eigenvalue weighted by Crippen LogP contribution is -2.37. The summed E-state index contributed by atoms with van der Waals surface area (Å²) in [6, 6.07) is 0. The van der Waals surface area contributed by atoms with Gasteiger partial charge in [0.05, 0.1) is 0 Å². The van der Waals surface area contributed by atoms with Crippen molar-refractivity contribution in [3.05, 3.63) is 0 Å². The van der Waals surface area contributed by atoms with Gasteiger partial charge < -0.3 is 0 Å². The second kappa shape index (κ2) is 4.57. The van der Waals surface area contributed by atoms with Gasteiger partial charge in [0.1, 0.15) is 0 Å². The quantitative estimate of drug-likeness (QED) is 0.615. The third-order valence-electron chi connectivity index (χ3n) is 3.44. The minimum absolute atomic E-state index is 0.856. The van der Waals surface area contributed by atoms with Crippen molar-refractivity contribution in [1.82, 2.24) is 4.90 Å². The molecule has 74 valence electrons. The van der Waals surface area contributed by atoms with Crippen LogP contribution in [0.2, 0.25) is 0 Å². The highest BCUT2D eigenvalue weighted by molar-refractivity contribution is 7.20. The number of hydrogen-bond acceptors (Lipinski definition) is 0. The Labute approximate surface area is 83.7 Å². The minimum Gasteiger partial charge on any atom is -0.275 e. The van der Waals surface area contributed by atoms with Crippen molar-refractivity contribution < 1.29 is 0 Å². The van der Waals surface area contributed by atoms with Crippen LogP contribution in [0.5, 0.6) is 0 Å². The molecule has 0 aromatic heterocycles. The lowest BCUT2D eigenvalue weighted by molar-refractivity contribution is 0.332. The summed E-state index contributed by atoms with van der Waals surface area (Å²) in [5.74, 6) is 0.856. The number of piperidine rings is 1. The van der Waals surface area contributed by atoms with Crippen LogP contribution >= 0.6 is 8.86 Å². The molecule has 0 atom stereocenters. The summed E-state index contributed by atoms with van der Waals surface area (Å²) in [6.45, 7) is 2.57. The first kappa shape index (κ1) is 9.68. The number of likely N-dealkylation sites (tertiary alicyclic amines) is 1. The van der Waals surface area contributed by atoms with Crippen LogP contribution in [0.25, 0.3) is 0 Å². The predicted octanol–water partition coefficient (Wildman–Crippen LogP) is 2.94. The van der Waals surface area contributed by atoms with Gasteiger partial charge in [-0.2, -0.15) is 0 Å².